The summed E-state index contributed by atoms with van der Waals surface area (Å²) < 4.78 is 18.6. The minimum Gasteiger partial charge on any atom is -0.363 e. The van der Waals surface area contributed by atoms with E-state index < -0.39 is 11.4 Å². The predicted molar refractivity (Wildman–Crippen MR) is 81.8 cm³/mol. The molecule has 0 aliphatic carbocycles. The summed E-state index contributed by atoms with van der Waals surface area (Å²) in [5, 5.41) is 0. The summed E-state index contributed by atoms with van der Waals surface area (Å²) >= 11 is 0. The van der Waals surface area contributed by atoms with Gasteiger partial charge in [0.05, 0.1) is 12.2 Å². The Labute approximate surface area is 127 Å². The van der Waals surface area contributed by atoms with E-state index in [-0.39, 0.29) is 5.60 Å². The van der Waals surface area contributed by atoms with Gasteiger partial charge >= 0.3 is 0 Å². The lowest BCUT2D eigenvalue weighted by Crippen LogP contribution is -2.58. The molecule has 116 valence electrons. The standard InChI is InChI=1S/C18H26O3/c1-13-14(2)17(4)18(19-5,12-16(13,3)21-17)20-11-15-9-7-6-8-10-15/h6-10,13-14H,11-12H2,1-5H3. The first-order valence-corrected chi connectivity index (χ1v) is 7.80. The van der Waals surface area contributed by atoms with Crippen LogP contribution >= 0.6 is 0 Å². The Bertz CT molecular complexity index is 516. The van der Waals surface area contributed by atoms with Crippen LogP contribution in [0.4, 0.5) is 0 Å². The summed E-state index contributed by atoms with van der Waals surface area (Å²) in [6.07, 6.45) is 0.783. The van der Waals surface area contributed by atoms with E-state index in [0.29, 0.717) is 18.4 Å². The van der Waals surface area contributed by atoms with Crippen molar-refractivity contribution in [3.8, 4) is 0 Å². The monoisotopic (exact) mass is 290 g/mol. The summed E-state index contributed by atoms with van der Waals surface area (Å²) in [6, 6.07) is 10.2. The lowest BCUT2D eigenvalue weighted by Gasteiger charge is -2.46. The third kappa shape index (κ3) is 1.98. The van der Waals surface area contributed by atoms with Crippen LogP contribution < -0.4 is 0 Å². The molecule has 1 aromatic carbocycles. The van der Waals surface area contributed by atoms with Crippen LogP contribution in [0.1, 0.15) is 39.7 Å². The number of fused-ring (bicyclic) bond motifs is 2. The Morgan fingerprint density at radius 3 is 2.33 bits per heavy atom. The molecular formula is C18H26O3. The molecule has 0 spiro atoms. The molecule has 0 saturated carbocycles. The lowest BCUT2D eigenvalue weighted by atomic mass is 9.66. The van der Waals surface area contributed by atoms with Crippen LogP contribution in [-0.2, 0) is 20.8 Å². The number of methoxy groups -OCH3 is 1. The second kappa shape index (κ2) is 4.80. The Hall–Kier alpha value is -0.900. The van der Waals surface area contributed by atoms with Crippen LogP contribution in [0.15, 0.2) is 30.3 Å². The van der Waals surface area contributed by atoms with Crippen LogP contribution in [0.2, 0.25) is 0 Å². The van der Waals surface area contributed by atoms with E-state index in [1.54, 1.807) is 7.11 Å². The molecule has 3 heteroatoms. The quantitative estimate of drug-likeness (QED) is 0.790. The zero-order chi connectivity index (χ0) is 15.3. The van der Waals surface area contributed by atoms with Gasteiger partial charge in [0.15, 0.2) is 5.79 Å². The predicted octanol–water partition coefficient (Wildman–Crippen LogP) is 3.77. The van der Waals surface area contributed by atoms with Gasteiger partial charge < -0.3 is 14.2 Å². The van der Waals surface area contributed by atoms with Crippen LogP contribution in [0.25, 0.3) is 0 Å². The van der Waals surface area contributed by atoms with E-state index in [0.717, 1.165) is 12.0 Å². The van der Waals surface area contributed by atoms with Gasteiger partial charge in [0, 0.05) is 13.5 Å². The first kappa shape index (κ1) is 15.0. The molecule has 5 unspecified atom stereocenters. The molecule has 2 fully saturated rings. The van der Waals surface area contributed by atoms with Crippen molar-refractivity contribution in [1.29, 1.82) is 0 Å². The van der Waals surface area contributed by atoms with Gasteiger partial charge in [0.25, 0.3) is 0 Å². The van der Waals surface area contributed by atoms with Gasteiger partial charge in [-0.1, -0.05) is 44.2 Å². The van der Waals surface area contributed by atoms with Crippen molar-refractivity contribution >= 4 is 0 Å². The average molecular weight is 290 g/mol. The molecule has 0 aromatic heterocycles. The van der Waals surface area contributed by atoms with E-state index in [4.69, 9.17) is 14.2 Å². The zero-order valence-corrected chi connectivity index (χ0v) is 13.7. The van der Waals surface area contributed by atoms with Crippen LogP contribution in [-0.4, -0.2) is 24.1 Å². The van der Waals surface area contributed by atoms with Gasteiger partial charge in [-0.05, 0) is 31.2 Å². The minimum atomic E-state index is -0.663. The Balaban J connectivity index is 1.85. The van der Waals surface area contributed by atoms with E-state index in [1.165, 1.54) is 0 Å². The number of benzene rings is 1. The minimum absolute atomic E-state index is 0.166. The summed E-state index contributed by atoms with van der Waals surface area (Å²) in [6.45, 7) is 9.39. The highest BCUT2D eigenvalue weighted by Gasteiger charge is 2.73. The SMILES string of the molecule is COC1(OCc2ccccc2)CC2(C)OC1(C)C(C)C2C. The molecule has 5 atom stereocenters. The topological polar surface area (TPSA) is 27.7 Å². The van der Waals surface area contributed by atoms with Crippen LogP contribution in [0.5, 0.6) is 0 Å². The van der Waals surface area contributed by atoms with Gasteiger partial charge in [0.1, 0.15) is 5.60 Å². The Kier molecular flexibility index (Phi) is 3.43. The lowest BCUT2D eigenvalue weighted by molar-refractivity contribution is -0.294. The summed E-state index contributed by atoms with van der Waals surface area (Å²) in [4.78, 5) is 0. The van der Waals surface area contributed by atoms with E-state index in [9.17, 15) is 0 Å². The van der Waals surface area contributed by atoms with Crippen molar-refractivity contribution in [3.63, 3.8) is 0 Å². The van der Waals surface area contributed by atoms with E-state index in [2.05, 4.69) is 39.8 Å². The van der Waals surface area contributed by atoms with Gasteiger partial charge in [0.2, 0.25) is 0 Å². The Morgan fingerprint density at radius 2 is 1.81 bits per heavy atom. The van der Waals surface area contributed by atoms with Gasteiger partial charge in [-0.3, -0.25) is 0 Å². The van der Waals surface area contributed by atoms with E-state index in [1.807, 2.05) is 18.2 Å². The summed E-state index contributed by atoms with van der Waals surface area (Å²) in [5.74, 6) is 0.238. The highest BCUT2D eigenvalue weighted by Crippen LogP contribution is 2.63. The molecule has 2 bridgehead atoms. The molecule has 2 heterocycles. The largest absolute Gasteiger partial charge is 0.363 e. The molecule has 2 saturated heterocycles. The molecule has 0 amide bonds. The molecule has 1 aromatic rings. The molecule has 21 heavy (non-hydrogen) atoms. The number of ether oxygens (including phenoxy) is 3. The second-order valence-electron chi connectivity index (χ2n) is 7.01. The number of hydrogen-bond acceptors (Lipinski definition) is 3. The van der Waals surface area contributed by atoms with Crippen LogP contribution in [0, 0.1) is 11.8 Å². The van der Waals surface area contributed by atoms with Crippen molar-refractivity contribution in [2.75, 3.05) is 7.11 Å². The van der Waals surface area contributed by atoms with Gasteiger partial charge in [-0.25, -0.2) is 0 Å². The molecule has 3 rings (SSSR count). The third-order valence-electron chi connectivity index (χ3n) is 6.01. The fraction of sp³-hybridized carbons (Fsp3) is 0.667. The first-order valence-electron chi connectivity index (χ1n) is 7.80. The smallest absolute Gasteiger partial charge is 0.200 e. The van der Waals surface area contributed by atoms with Crippen molar-refractivity contribution in [1.82, 2.24) is 0 Å². The van der Waals surface area contributed by atoms with Crippen molar-refractivity contribution in [3.05, 3.63) is 35.9 Å². The van der Waals surface area contributed by atoms with Crippen molar-refractivity contribution in [2.24, 2.45) is 11.8 Å². The van der Waals surface area contributed by atoms with Gasteiger partial charge in [-0.2, -0.15) is 0 Å². The normalized spacial score (nSPS) is 45.2. The fourth-order valence-corrected chi connectivity index (χ4v) is 4.24. The van der Waals surface area contributed by atoms with Crippen molar-refractivity contribution < 1.29 is 14.2 Å². The maximum atomic E-state index is 6.42. The van der Waals surface area contributed by atoms with Gasteiger partial charge in [-0.15, -0.1) is 0 Å². The van der Waals surface area contributed by atoms with Crippen molar-refractivity contribution in [2.45, 2.75) is 57.7 Å². The highest BCUT2D eigenvalue weighted by molar-refractivity contribution is 5.18. The Morgan fingerprint density at radius 1 is 1.14 bits per heavy atom. The number of hydrogen-bond donors (Lipinski definition) is 0. The summed E-state index contributed by atoms with van der Waals surface area (Å²) in [7, 11) is 1.74. The molecular weight excluding hydrogens is 264 g/mol. The summed E-state index contributed by atoms with van der Waals surface area (Å²) in [5.41, 5.74) is 0.595. The zero-order valence-electron chi connectivity index (χ0n) is 13.7. The molecule has 0 N–H and O–H groups in total. The molecule has 2 aliphatic rings. The molecule has 2 aliphatic heterocycles. The number of rotatable bonds is 4. The second-order valence-corrected chi connectivity index (χ2v) is 7.01. The third-order valence-corrected chi connectivity index (χ3v) is 6.01. The van der Waals surface area contributed by atoms with Crippen LogP contribution in [0.3, 0.4) is 0 Å². The van der Waals surface area contributed by atoms with E-state index >= 15 is 0 Å². The fourth-order valence-electron chi connectivity index (χ4n) is 4.24. The molecule has 3 nitrogen and oxygen atoms in total. The molecule has 0 radical (unpaired) electrons. The maximum absolute atomic E-state index is 6.42. The maximum Gasteiger partial charge on any atom is 0.200 e. The highest BCUT2D eigenvalue weighted by atomic mass is 16.7. The first-order chi connectivity index (χ1) is 9.87. The average Bonchev–Trinajstić information content (AvgIpc) is 2.83.